The third kappa shape index (κ3) is 2.64. The zero-order valence-corrected chi connectivity index (χ0v) is 9.32. The van der Waals surface area contributed by atoms with Crippen LogP contribution in [0.25, 0.3) is 0 Å². The van der Waals surface area contributed by atoms with Crippen molar-refractivity contribution >= 4 is 11.5 Å². The van der Waals surface area contributed by atoms with E-state index >= 15 is 0 Å². The van der Waals surface area contributed by atoms with Gasteiger partial charge in [0.05, 0.1) is 12.4 Å². The van der Waals surface area contributed by atoms with Crippen molar-refractivity contribution in [2.24, 2.45) is 10.9 Å². The quantitative estimate of drug-likeness (QED) is 0.243. The average Bonchev–Trinajstić information content (AvgIpc) is 2.38. The van der Waals surface area contributed by atoms with Crippen LogP contribution in [0.2, 0.25) is 0 Å². The number of oxime groups is 1. The van der Waals surface area contributed by atoms with Gasteiger partial charge in [-0.05, 0) is 12.1 Å². The third-order valence-corrected chi connectivity index (χ3v) is 2.06. The van der Waals surface area contributed by atoms with Crippen molar-refractivity contribution in [3.63, 3.8) is 0 Å². The van der Waals surface area contributed by atoms with E-state index in [2.05, 4.69) is 15.1 Å². The van der Waals surface area contributed by atoms with Gasteiger partial charge in [-0.2, -0.15) is 0 Å². The molecule has 7 heteroatoms. The second kappa shape index (κ2) is 5.00. The molecule has 0 atom stereocenters. The number of ether oxygens (including phenoxy) is 1. The number of amidine groups is 1. The maximum atomic E-state index is 8.54. The Hall–Kier alpha value is -2.83. The summed E-state index contributed by atoms with van der Waals surface area (Å²) in [5, 5.41) is 11.4. The average molecular weight is 245 g/mol. The molecule has 2 aromatic rings. The van der Waals surface area contributed by atoms with Crippen LogP contribution in [0.1, 0.15) is 5.69 Å². The minimum atomic E-state index is -0.138. The fourth-order valence-corrected chi connectivity index (χ4v) is 1.27. The lowest BCUT2D eigenvalue weighted by Crippen LogP contribution is -2.15. The van der Waals surface area contributed by atoms with Gasteiger partial charge in [0, 0.05) is 11.8 Å². The van der Waals surface area contributed by atoms with Crippen molar-refractivity contribution in [2.75, 3.05) is 5.73 Å². The van der Waals surface area contributed by atoms with Gasteiger partial charge in [-0.15, -0.1) is 0 Å². The summed E-state index contributed by atoms with van der Waals surface area (Å²) in [5.74, 6) is 0.617. The zero-order chi connectivity index (χ0) is 13.0. The Labute approximate surface area is 103 Å². The summed E-state index contributed by atoms with van der Waals surface area (Å²) in [6.07, 6.45) is 2.78. The molecular weight excluding hydrogens is 234 g/mol. The lowest BCUT2D eigenvalue weighted by molar-refractivity contribution is 0.318. The summed E-state index contributed by atoms with van der Waals surface area (Å²) in [6, 6.07) is 6.88. The van der Waals surface area contributed by atoms with E-state index < -0.39 is 0 Å². The van der Waals surface area contributed by atoms with Crippen molar-refractivity contribution in [3.05, 3.63) is 42.4 Å². The molecule has 0 aliphatic rings. The number of nitrogens with two attached hydrogens (primary N) is 2. The van der Waals surface area contributed by atoms with Crippen LogP contribution >= 0.6 is 0 Å². The van der Waals surface area contributed by atoms with E-state index in [4.69, 9.17) is 21.4 Å². The number of aromatic nitrogens is 2. The molecule has 1 aromatic heterocycles. The van der Waals surface area contributed by atoms with Crippen LogP contribution in [0, 0.1) is 0 Å². The fourth-order valence-electron chi connectivity index (χ4n) is 1.27. The second-order valence-electron chi connectivity index (χ2n) is 3.40. The van der Waals surface area contributed by atoms with Gasteiger partial charge in [0.1, 0.15) is 11.4 Å². The van der Waals surface area contributed by atoms with Crippen molar-refractivity contribution in [2.45, 2.75) is 0 Å². The number of benzene rings is 1. The van der Waals surface area contributed by atoms with Crippen LogP contribution in [0.5, 0.6) is 11.6 Å². The smallest absolute Gasteiger partial charge is 0.238 e. The largest absolute Gasteiger partial charge is 0.437 e. The van der Waals surface area contributed by atoms with Crippen molar-refractivity contribution in [1.29, 1.82) is 0 Å². The highest BCUT2D eigenvalue weighted by atomic mass is 16.5. The van der Waals surface area contributed by atoms with E-state index in [1.54, 1.807) is 24.3 Å². The normalized spacial score (nSPS) is 11.2. The molecule has 7 nitrogen and oxygen atoms in total. The summed E-state index contributed by atoms with van der Waals surface area (Å²) in [4.78, 5) is 7.91. The Morgan fingerprint density at radius 2 is 2.17 bits per heavy atom. The molecule has 0 fully saturated rings. The highest BCUT2D eigenvalue weighted by Crippen LogP contribution is 2.20. The molecule has 18 heavy (non-hydrogen) atoms. The van der Waals surface area contributed by atoms with Crippen molar-refractivity contribution in [1.82, 2.24) is 9.97 Å². The topological polar surface area (TPSA) is 120 Å². The van der Waals surface area contributed by atoms with Crippen LogP contribution < -0.4 is 16.2 Å². The third-order valence-electron chi connectivity index (χ3n) is 2.06. The molecule has 0 saturated carbocycles. The second-order valence-corrected chi connectivity index (χ2v) is 3.40. The van der Waals surface area contributed by atoms with Crippen LogP contribution in [-0.4, -0.2) is 21.0 Å². The van der Waals surface area contributed by atoms with Gasteiger partial charge < -0.3 is 21.4 Å². The molecule has 1 aromatic carbocycles. The van der Waals surface area contributed by atoms with E-state index in [1.165, 1.54) is 12.4 Å². The maximum absolute atomic E-state index is 8.54. The summed E-state index contributed by atoms with van der Waals surface area (Å²) in [5.41, 5.74) is 11.8. The van der Waals surface area contributed by atoms with E-state index in [1.807, 2.05) is 0 Å². The van der Waals surface area contributed by atoms with Gasteiger partial charge in [0.15, 0.2) is 5.84 Å². The van der Waals surface area contributed by atoms with Crippen molar-refractivity contribution in [3.8, 4) is 11.6 Å². The SMILES string of the molecule is N/C(=N\O)c1cncc(Oc2cccc(N)c2)n1. The minimum absolute atomic E-state index is 0.138. The van der Waals surface area contributed by atoms with Gasteiger partial charge >= 0.3 is 0 Å². The van der Waals surface area contributed by atoms with E-state index in [9.17, 15) is 0 Å². The molecule has 0 saturated heterocycles. The standard InChI is InChI=1S/C11H11N5O2/c12-7-2-1-3-8(4-7)18-10-6-14-5-9(15-10)11(13)16-17/h1-6,17H,12H2,(H2,13,16). The number of nitrogens with zero attached hydrogens (tertiary/aromatic N) is 3. The molecule has 0 spiro atoms. The number of hydrogen-bond acceptors (Lipinski definition) is 6. The molecule has 0 unspecified atom stereocenters. The Bertz CT molecular complexity index is 585. The molecule has 92 valence electrons. The molecular formula is C11H11N5O2. The lowest BCUT2D eigenvalue weighted by Gasteiger charge is -2.05. The molecule has 2 rings (SSSR count). The van der Waals surface area contributed by atoms with E-state index in [-0.39, 0.29) is 17.4 Å². The Kier molecular flexibility index (Phi) is 3.24. The van der Waals surface area contributed by atoms with Crippen LogP contribution in [0.15, 0.2) is 41.8 Å². The zero-order valence-electron chi connectivity index (χ0n) is 9.32. The molecule has 0 bridgehead atoms. The molecule has 1 heterocycles. The van der Waals surface area contributed by atoms with E-state index in [0.717, 1.165) is 0 Å². The number of nitrogen functional groups attached to an aromatic ring is 1. The molecule has 0 radical (unpaired) electrons. The summed E-state index contributed by atoms with van der Waals surface area (Å²) >= 11 is 0. The Morgan fingerprint density at radius 1 is 1.33 bits per heavy atom. The fraction of sp³-hybridized carbons (Fsp3) is 0. The maximum Gasteiger partial charge on any atom is 0.238 e. The first-order valence-electron chi connectivity index (χ1n) is 5.02. The van der Waals surface area contributed by atoms with Gasteiger partial charge in [-0.25, -0.2) is 4.98 Å². The molecule has 0 amide bonds. The predicted molar refractivity (Wildman–Crippen MR) is 65.5 cm³/mol. The predicted octanol–water partition coefficient (Wildman–Crippen LogP) is 0.946. The van der Waals surface area contributed by atoms with Crippen LogP contribution in [0.3, 0.4) is 0 Å². The van der Waals surface area contributed by atoms with Gasteiger partial charge in [0.2, 0.25) is 5.88 Å². The van der Waals surface area contributed by atoms with Gasteiger partial charge in [0.25, 0.3) is 0 Å². The Balaban J connectivity index is 2.24. The molecule has 0 aliphatic carbocycles. The minimum Gasteiger partial charge on any atom is -0.437 e. The first kappa shape index (κ1) is 11.6. The van der Waals surface area contributed by atoms with Crippen LogP contribution in [-0.2, 0) is 0 Å². The number of hydrogen-bond donors (Lipinski definition) is 3. The highest BCUT2D eigenvalue weighted by Gasteiger charge is 2.05. The lowest BCUT2D eigenvalue weighted by atomic mass is 10.3. The van der Waals surface area contributed by atoms with E-state index in [0.29, 0.717) is 11.4 Å². The Morgan fingerprint density at radius 3 is 2.89 bits per heavy atom. The first-order valence-corrected chi connectivity index (χ1v) is 5.02. The van der Waals surface area contributed by atoms with Gasteiger partial charge in [-0.3, -0.25) is 4.98 Å². The van der Waals surface area contributed by atoms with Crippen molar-refractivity contribution < 1.29 is 9.94 Å². The van der Waals surface area contributed by atoms with Gasteiger partial charge in [-0.1, -0.05) is 11.2 Å². The number of rotatable bonds is 3. The number of anilines is 1. The highest BCUT2D eigenvalue weighted by molar-refractivity contribution is 5.94. The van der Waals surface area contributed by atoms with Crippen LogP contribution in [0.4, 0.5) is 5.69 Å². The molecule has 5 N–H and O–H groups in total. The summed E-state index contributed by atoms with van der Waals surface area (Å²) < 4.78 is 5.45. The monoisotopic (exact) mass is 245 g/mol. The molecule has 0 aliphatic heterocycles. The summed E-state index contributed by atoms with van der Waals surface area (Å²) in [6.45, 7) is 0. The first-order chi connectivity index (χ1) is 8.69. The summed E-state index contributed by atoms with van der Waals surface area (Å²) in [7, 11) is 0.